The first-order valence-corrected chi connectivity index (χ1v) is 5.99. The lowest BCUT2D eigenvalue weighted by atomic mass is 10.2. The summed E-state index contributed by atoms with van der Waals surface area (Å²) in [5.74, 6) is 0. The van der Waals surface area contributed by atoms with Gasteiger partial charge in [0.1, 0.15) is 0 Å². The molecular formula is C11H14IN. The Labute approximate surface area is 93.3 Å². The average molecular weight is 287 g/mol. The van der Waals surface area contributed by atoms with Crippen LogP contribution >= 0.6 is 22.6 Å². The molecule has 0 amide bonds. The number of hydrogen-bond acceptors (Lipinski definition) is 1. The van der Waals surface area contributed by atoms with Crippen molar-refractivity contribution in [3.63, 3.8) is 0 Å². The minimum Gasteiger partial charge on any atom is -0.370 e. The molecule has 0 fully saturated rings. The van der Waals surface area contributed by atoms with Crippen LogP contribution in [0.1, 0.15) is 12.5 Å². The van der Waals surface area contributed by atoms with Crippen molar-refractivity contribution in [2.24, 2.45) is 0 Å². The largest absolute Gasteiger partial charge is 0.370 e. The molecule has 0 unspecified atom stereocenters. The quantitative estimate of drug-likeness (QED) is 0.597. The van der Waals surface area contributed by atoms with E-state index in [0.717, 1.165) is 3.92 Å². The molecule has 0 radical (unpaired) electrons. The van der Waals surface area contributed by atoms with Gasteiger partial charge in [-0.1, -0.05) is 47.7 Å². The Morgan fingerprint density at radius 2 is 2.23 bits per heavy atom. The van der Waals surface area contributed by atoms with Crippen molar-refractivity contribution in [1.82, 2.24) is 0 Å². The van der Waals surface area contributed by atoms with Crippen molar-refractivity contribution >= 4 is 28.3 Å². The monoisotopic (exact) mass is 287 g/mol. The van der Waals surface area contributed by atoms with Gasteiger partial charge in [-0.25, -0.2) is 0 Å². The van der Waals surface area contributed by atoms with Crippen LogP contribution in [-0.4, -0.2) is 17.0 Å². The van der Waals surface area contributed by atoms with Gasteiger partial charge >= 0.3 is 0 Å². The Morgan fingerprint density at radius 1 is 1.46 bits per heavy atom. The molecule has 0 aromatic heterocycles. The van der Waals surface area contributed by atoms with Crippen LogP contribution in [0.4, 0.5) is 5.69 Å². The molecule has 70 valence electrons. The van der Waals surface area contributed by atoms with E-state index >= 15 is 0 Å². The van der Waals surface area contributed by atoms with Crippen LogP contribution in [0.3, 0.4) is 0 Å². The first-order valence-electron chi connectivity index (χ1n) is 4.74. The van der Waals surface area contributed by atoms with E-state index < -0.39 is 0 Å². The van der Waals surface area contributed by atoms with Gasteiger partial charge in [-0.2, -0.15) is 0 Å². The Morgan fingerprint density at radius 3 is 3.00 bits per heavy atom. The van der Waals surface area contributed by atoms with Gasteiger partial charge in [0.15, 0.2) is 0 Å². The highest BCUT2D eigenvalue weighted by Gasteiger charge is 2.18. The van der Waals surface area contributed by atoms with Gasteiger partial charge in [0.2, 0.25) is 0 Å². The van der Waals surface area contributed by atoms with Crippen molar-refractivity contribution < 1.29 is 0 Å². The molecule has 1 atom stereocenters. The first-order chi connectivity index (χ1) is 6.27. The standard InChI is InChI=1S/C11H14IN/c1-9(12)8-13-7-6-10-4-2-3-5-11(10)13/h2-5,9H,6-8H2,1H3/t9-/m0/s1. The summed E-state index contributed by atoms with van der Waals surface area (Å²) in [7, 11) is 0. The summed E-state index contributed by atoms with van der Waals surface area (Å²) in [5, 5.41) is 0. The van der Waals surface area contributed by atoms with Gasteiger partial charge in [0.25, 0.3) is 0 Å². The summed E-state index contributed by atoms with van der Waals surface area (Å²) in [4.78, 5) is 2.49. The van der Waals surface area contributed by atoms with Crippen LogP contribution in [0.25, 0.3) is 0 Å². The van der Waals surface area contributed by atoms with Gasteiger partial charge in [-0.3, -0.25) is 0 Å². The number of benzene rings is 1. The van der Waals surface area contributed by atoms with E-state index in [1.54, 1.807) is 0 Å². The predicted molar refractivity (Wildman–Crippen MR) is 65.8 cm³/mol. The van der Waals surface area contributed by atoms with E-state index in [2.05, 4.69) is 58.7 Å². The molecule has 1 aromatic carbocycles. The highest BCUT2D eigenvalue weighted by Crippen LogP contribution is 2.27. The molecule has 13 heavy (non-hydrogen) atoms. The molecule has 1 aliphatic rings. The SMILES string of the molecule is C[C@H](I)CN1CCc2ccccc21. The van der Waals surface area contributed by atoms with E-state index in [-0.39, 0.29) is 0 Å². The van der Waals surface area contributed by atoms with Crippen molar-refractivity contribution in [2.45, 2.75) is 17.3 Å². The molecule has 1 aromatic rings. The summed E-state index contributed by atoms with van der Waals surface area (Å²) >= 11 is 2.49. The van der Waals surface area contributed by atoms with Gasteiger partial charge in [-0.05, 0) is 18.1 Å². The number of nitrogens with zero attached hydrogens (tertiary/aromatic N) is 1. The van der Waals surface area contributed by atoms with Crippen molar-refractivity contribution in [3.05, 3.63) is 29.8 Å². The van der Waals surface area contributed by atoms with Crippen LogP contribution in [0.5, 0.6) is 0 Å². The fraction of sp³-hybridized carbons (Fsp3) is 0.455. The lowest BCUT2D eigenvalue weighted by molar-refractivity contribution is 0.821. The minimum atomic E-state index is 0.726. The van der Waals surface area contributed by atoms with E-state index in [0.29, 0.717) is 0 Å². The lowest BCUT2D eigenvalue weighted by Crippen LogP contribution is -2.26. The lowest BCUT2D eigenvalue weighted by Gasteiger charge is -2.20. The summed E-state index contributed by atoms with van der Waals surface area (Å²) in [6.07, 6.45) is 1.22. The summed E-state index contributed by atoms with van der Waals surface area (Å²) in [6, 6.07) is 8.75. The van der Waals surface area contributed by atoms with Crippen molar-refractivity contribution in [1.29, 1.82) is 0 Å². The maximum Gasteiger partial charge on any atom is 0.0399 e. The molecule has 0 saturated carbocycles. The second-order valence-corrected chi connectivity index (χ2v) is 5.73. The van der Waals surface area contributed by atoms with Crippen LogP contribution in [0.2, 0.25) is 0 Å². The van der Waals surface area contributed by atoms with Crippen molar-refractivity contribution in [3.8, 4) is 0 Å². The third-order valence-corrected chi connectivity index (χ3v) is 2.85. The van der Waals surface area contributed by atoms with Crippen LogP contribution < -0.4 is 4.90 Å². The third-order valence-electron chi connectivity index (χ3n) is 2.46. The zero-order valence-electron chi connectivity index (χ0n) is 7.83. The smallest absolute Gasteiger partial charge is 0.0399 e. The molecule has 2 rings (SSSR count). The van der Waals surface area contributed by atoms with Crippen LogP contribution in [-0.2, 0) is 6.42 Å². The zero-order valence-corrected chi connectivity index (χ0v) is 9.99. The fourth-order valence-corrected chi connectivity index (χ4v) is 2.38. The summed E-state index contributed by atoms with van der Waals surface area (Å²) < 4.78 is 0.726. The Bertz CT molecular complexity index is 296. The highest BCUT2D eigenvalue weighted by molar-refractivity contribution is 14.1. The van der Waals surface area contributed by atoms with Crippen molar-refractivity contribution in [2.75, 3.05) is 18.0 Å². The number of alkyl halides is 1. The van der Waals surface area contributed by atoms with E-state index in [4.69, 9.17) is 0 Å². The number of para-hydroxylation sites is 1. The molecule has 1 aliphatic heterocycles. The Kier molecular flexibility index (Phi) is 2.77. The fourth-order valence-electron chi connectivity index (χ4n) is 1.90. The number of rotatable bonds is 2. The molecule has 1 nitrogen and oxygen atoms in total. The first kappa shape index (κ1) is 9.31. The Balaban J connectivity index is 2.18. The summed E-state index contributed by atoms with van der Waals surface area (Å²) in [5.41, 5.74) is 2.96. The normalized spacial score (nSPS) is 17.2. The number of fused-ring (bicyclic) bond motifs is 1. The van der Waals surface area contributed by atoms with E-state index in [1.165, 1.54) is 30.8 Å². The van der Waals surface area contributed by atoms with Crippen LogP contribution in [0.15, 0.2) is 24.3 Å². The molecule has 0 spiro atoms. The number of hydrogen-bond donors (Lipinski definition) is 0. The zero-order chi connectivity index (χ0) is 9.26. The number of anilines is 1. The average Bonchev–Trinajstić information content (AvgIpc) is 2.48. The molecule has 0 saturated heterocycles. The molecule has 1 heterocycles. The van der Waals surface area contributed by atoms with Gasteiger partial charge < -0.3 is 4.90 Å². The van der Waals surface area contributed by atoms with Crippen LogP contribution in [0, 0.1) is 0 Å². The molecule has 2 heteroatoms. The second-order valence-electron chi connectivity index (χ2n) is 3.61. The van der Waals surface area contributed by atoms with E-state index in [9.17, 15) is 0 Å². The second kappa shape index (κ2) is 3.86. The van der Waals surface area contributed by atoms with Gasteiger partial charge in [-0.15, -0.1) is 0 Å². The highest BCUT2D eigenvalue weighted by atomic mass is 127. The predicted octanol–water partition coefficient (Wildman–Crippen LogP) is 2.87. The topological polar surface area (TPSA) is 3.24 Å². The molecule has 0 aliphatic carbocycles. The maximum absolute atomic E-state index is 2.49. The minimum absolute atomic E-state index is 0.726. The molecular weight excluding hydrogens is 273 g/mol. The third kappa shape index (κ3) is 1.98. The number of halogens is 1. The molecule has 0 N–H and O–H groups in total. The van der Waals surface area contributed by atoms with Gasteiger partial charge in [0, 0.05) is 22.7 Å². The molecule has 0 bridgehead atoms. The van der Waals surface area contributed by atoms with E-state index in [1.807, 2.05) is 0 Å². The van der Waals surface area contributed by atoms with Gasteiger partial charge in [0.05, 0.1) is 0 Å². The summed E-state index contributed by atoms with van der Waals surface area (Å²) in [6.45, 7) is 4.64. The maximum atomic E-state index is 2.49. The Hall–Kier alpha value is -0.250.